The average molecular weight is 205 g/mol. The Morgan fingerprint density at radius 2 is 2.00 bits per heavy atom. The molecule has 82 valence electrons. The molecule has 0 atom stereocenters. The van der Waals surface area contributed by atoms with Crippen LogP contribution in [-0.2, 0) is 6.42 Å². The van der Waals surface area contributed by atoms with Crippen LogP contribution in [-0.4, -0.2) is 25.3 Å². The number of rotatable bonds is 6. The lowest BCUT2D eigenvalue weighted by Gasteiger charge is -1.98. The predicted octanol–water partition coefficient (Wildman–Crippen LogP) is 1.84. The molecule has 0 unspecified atom stereocenters. The number of aliphatic hydroxyl groups is 1. The van der Waals surface area contributed by atoms with Gasteiger partial charge in [-0.25, -0.2) is 0 Å². The van der Waals surface area contributed by atoms with Crippen LogP contribution in [0.15, 0.2) is 30.3 Å². The Morgan fingerprint density at radius 1 is 1.27 bits per heavy atom. The zero-order valence-electron chi connectivity index (χ0n) is 9.24. The topological polar surface area (TPSA) is 32.3 Å². The van der Waals surface area contributed by atoms with E-state index in [0.717, 1.165) is 19.4 Å². The van der Waals surface area contributed by atoms with Crippen LogP contribution in [0.5, 0.6) is 0 Å². The van der Waals surface area contributed by atoms with E-state index >= 15 is 0 Å². The fourth-order valence-corrected chi connectivity index (χ4v) is 1.37. The zero-order valence-corrected chi connectivity index (χ0v) is 9.24. The Morgan fingerprint density at radius 3 is 2.60 bits per heavy atom. The van der Waals surface area contributed by atoms with Gasteiger partial charge in [0.1, 0.15) is 0 Å². The van der Waals surface area contributed by atoms with E-state index in [1.807, 2.05) is 7.05 Å². The molecule has 1 rings (SSSR count). The average Bonchev–Trinajstić information content (AvgIpc) is 2.27. The summed E-state index contributed by atoms with van der Waals surface area (Å²) in [5, 5.41) is 11.9. The lowest BCUT2D eigenvalue weighted by atomic mass is 10.1. The van der Waals surface area contributed by atoms with Crippen molar-refractivity contribution in [1.82, 2.24) is 5.32 Å². The molecule has 1 aromatic rings. The molecule has 0 saturated carbocycles. The SMILES string of the molecule is CNCCC=Cc1ccc(CCO)cc1. The van der Waals surface area contributed by atoms with E-state index < -0.39 is 0 Å². The van der Waals surface area contributed by atoms with Gasteiger partial charge in [-0.05, 0) is 37.6 Å². The molecule has 15 heavy (non-hydrogen) atoms. The van der Waals surface area contributed by atoms with E-state index in [4.69, 9.17) is 5.11 Å². The van der Waals surface area contributed by atoms with Crippen molar-refractivity contribution in [2.45, 2.75) is 12.8 Å². The molecule has 2 nitrogen and oxygen atoms in total. The molecule has 1 aromatic carbocycles. The second-order valence-electron chi connectivity index (χ2n) is 3.51. The fraction of sp³-hybridized carbons (Fsp3) is 0.385. The minimum atomic E-state index is 0.220. The summed E-state index contributed by atoms with van der Waals surface area (Å²) in [6, 6.07) is 8.30. The molecule has 2 N–H and O–H groups in total. The molecule has 0 spiro atoms. The summed E-state index contributed by atoms with van der Waals surface area (Å²) < 4.78 is 0. The van der Waals surface area contributed by atoms with Crippen LogP contribution in [0.3, 0.4) is 0 Å². The molecule has 0 fully saturated rings. The standard InChI is InChI=1S/C13H19NO/c1-14-10-3-2-4-12-5-7-13(8-6-12)9-11-15/h2,4-8,14-15H,3,9-11H2,1H3. The predicted molar refractivity (Wildman–Crippen MR) is 64.8 cm³/mol. The Kier molecular flexibility index (Phi) is 5.74. The lowest BCUT2D eigenvalue weighted by molar-refractivity contribution is 0.299. The van der Waals surface area contributed by atoms with Gasteiger partial charge in [0.15, 0.2) is 0 Å². The normalized spacial score (nSPS) is 11.1. The molecule has 0 heterocycles. The fourth-order valence-electron chi connectivity index (χ4n) is 1.37. The van der Waals surface area contributed by atoms with Crippen LogP contribution in [0.4, 0.5) is 0 Å². The second-order valence-corrected chi connectivity index (χ2v) is 3.51. The molecule has 0 radical (unpaired) electrons. The minimum Gasteiger partial charge on any atom is -0.396 e. The molecular weight excluding hydrogens is 186 g/mol. The van der Waals surface area contributed by atoms with Gasteiger partial charge in [0, 0.05) is 6.61 Å². The van der Waals surface area contributed by atoms with Gasteiger partial charge in [-0.1, -0.05) is 36.4 Å². The number of aliphatic hydroxyl groups excluding tert-OH is 1. The van der Waals surface area contributed by atoms with Crippen LogP contribution in [0.2, 0.25) is 0 Å². The molecule has 0 aliphatic rings. The highest BCUT2D eigenvalue weighted by Crippen LogP contribution is 2.06. The second kappa shape index (κ2) is 7.21. The summed E-state index contributed by atoms with van der Waals surface area (Å²) >= 11 is 0. The van der Waals surface area contributed by atoms with Crippen LogP contribution >= 0.6 is 0 Å². The van der Waals surface area contributed by atoms with Crippen LogP contribution in [0.25, 0.3) is 6.08 Å². The monoisotopic (exact) mass is 205 g/mol. The van der Waals surface area contributed by atoms with Crippen molar-refractivity contribution in [3.63, 3.8) is 0 Å². The first kappa shape index (κ1) is 12.0. The Labute approximate surface area is 91.6 Å². The lowest BCUT2D eigenvalue weighted by Crippen LogP contribution is -2.05. The third-order valence-electron chi connectivity index (χ3n) is 2.25. The number of nitrogens with one attached hydrogen (secondary N) is 1. The van der Waals surface area contributed by atoms with Crippen LogP contribution in [0, 0.1) is 0 Å². The van der Waals surface area contributed by atoms with E-state index in [1.165, 1.54) is 11.1 Å². The van der Waals surface area contributed by atoms with Gasteiger partial charge in [-0.15, -0.1) is 0 Å². The zero-order chi connectivity index (χ0) is 10.9. The Hall–Kier alpha value is -1.12. The highest BCUT2D eigenvalue weighted by Gasteiger charge is 1.91. The van der Waals surface area contributed by atoms with E-state index in [-0.39, 0.29) is 6.61 Å². The van der Waals surface area contributed by atoms with Crippen LogP contribution < -0.4 is 5.32 Å². The highest BCUT2D eigenvalue weighted by molar-refractivity contribution is 5.49. The molecule has 2 heteroatoms. The van der Waals surface area contributed by atoms with Crippen molar-refractivity contribution in [1.29, 1.82) is 0 Å². The summed E-state index contributed by atoms with van der Waals surface area (Å²) in [5.41, 5.74) is 2.40. The maximum Gasteiger partial charge on any atom is 0.0471 e. The van der Waals surface area contributed by atoms with Gasteiger partial charge in [-0.2, -0.15) is 0 Å². The van der Waals surface area contributed by atoms with Crippen molar-refractivity contribution < 1.29 is 5.11 Å². The van der Waals surface area contributed by atoms with E-state index in [0.29, 0.717) is 0 Å². The van der Waals surface area contributed by atoms with E-state index in [9.17, 15) is 0 Å². The molecule has 0 aliphatic heterocycles. The molecular formula is C13H19NO. The molecule has 0 aliphatic carbocycles. The molecule has 0 bridgehead atoms. The van der Waals surface area contributed by atoms with Crippen molar-refractivity contribution in [2.24, 2.45) is 0 Å². The van der Waals surface area contributed by atoms with Gasteiger partial charge in [0.05, 0.1) is 0 Å². The van der Waals surface area contributed by atoms with Crippen molar-refractivity contribution >= 4 is 6.08 Å². The summed E-state index contributed by atoms with van der Waals surface area (Å²) in [6.45, 7) is 1.23. The number of hydrogen-bond acceptors (Lipinski definition) is 2. The first-order chi connectivity index (χ1) is 7.36. The van der Waals surface area contributed by atoms with Crippen molar-refractivity contribution in [2.75, 3.05) is 20.2 Å². The maximum atomic E-state index is 8.77. The number of hydrogen-bond donors (Lipinski definition) is 2. The molecule has 0 aromatic heterocycles. The summed E-state index contributed by atoms with van der Waals surface area (Å²) in [7, 11) is 1.96. The van der Waals surface area contributed by atoms with Crippen molar-refractivity contribution in [3.05, 3.63) is 41.5 Å². The van der Waals surface area contributed by atoms with Gasteiger partial charge in [0.25, 0.3) is 0 Å². The smallest absolute Gasteiger partial charge is 0.0471 e. The molecule has 0 amide bonds. The van der Waals surface area contributed by atoms with Crippen LogP contribution in [0.1, 0.15) is 17.5 Å². The van der Waals surface area contributed by atoms with Gasteiger partial charge < -0.3 is 10.4 Å². The summed E-state index contributed by atoms with van der Waals surface area (Å²) in [5.74, 6) is 0. The Bertz CT molecular complexity index is 290. The third kappa shape index (κ3) is 4.77. The third-order valence-corrected chi connectivity index (χ3v) is 2.25. The highest BCUT2D eigenvalue weighted by atomic mass is 16.2. The number of benzene rings is 1. The van der Waals surface area contributed by atoms with Gasteiger partial charge in [0.2, 0.25) is 0 Å². The quantitative estimate of drug-likeness (QED) is 0.695. The van der Waals surface area contributed by atoms with Crippen molar-refractivity contribution in [3.8, 4) is 0 Å². The summed E-state index contributed by atoms with van der Waals surface area (Å²) in [6.07, 6.45) is 6.08. The van der Waals surface area contributed by atoms with E-state index in [2.05, 4.69) is 41.7 Å². The maximum absolute atomic E-state index is 8.77. The minimum absolute atomic E-state index is 0.220. The summed E-state index contributed by atoms with van der Waals surface area (Å²) in [4.78, 5) is 0. The first-order valence-electron chi connectivity index (χ1n) is 5.37. The first-order valence-corrected chi connectivity index (χ1v) is 5.37. The molecule has 0 saturated heterocycles. The van der Waals surface area contributed by atoms with Gasteiger partial charge >= 0.3 is 0 Å². The van der Waals surface area contributed by atoms with Gasteiger partial charge in [-0.3, -0.25) is 0 Å². The van der Waals surface area contributed by atoms with E-state index in [1.54, 1.807) is 0 Å². The Balaban J connectivity index is 2.45. The largest absolute Gasteiger partial charge is 0.396 e.